The molecule has 0 saturated carbocycles. The maximum absolute atomic E-state index is 4.22. The summed E-state index contributed by atoms with van der Waals surface area (Å²) >= 11 is 0. The summed E-state index contributed by atoms with van der Waals surface area (Å²) in [6.07, 6.45) is 2.94. The first kappa shape index (κ1) is 14.7. The lowest BCUT2D eigenvalue weighted by Crippen LogP contribution is -2.26. The fourth-order valence-corrected chi connectivity index (χ4v) is 2.72. The zero-order chi connectivity index (χ0) is 14.5. The molecule has 4 nitrogen and oxygen atoms in total. The van der Waals surface area contributed by atoms with E-state index >= 15 is 0 Å². The van der Waals surface area contributed by atoms with Gasteiger partial charge in [0.15, 0.2) is 0 Å². The van der Waals surface area contributed by atoms with E-state index in [2.05, 4.69) is 61.5 Å². The zero-order valence-corrected chi connectivity index (χ0v) is 12.8. The second kappa shape index (κ2) is 6.66. The van der Waals surface area contributed by atoms with Gasteiger partial charge in [0.05, 0.1) is 17.9 Å². The van der Waals surface area contributed by atoms with Crippen molar-refractivity contribution >= 4 is 0 Å². The number of benzene rings is 1. The molecule has 2 rings (SSSR count). The highest BCUT2D eigenvalue weighted by Crippen LogP contribution is 2.27. The van der Waals surface area contributed by atoms with Crippen molar-refractivity contribution in [3.63, 3.8) is 0 Å². The van der Waals surface area contributed by atoms with Crippen LogP contribution >= 0.6 is 0 Å². The predicted octanol–water partition coefficient (Wildman–Crippen LogP) is 3.00. The van der Waals surface area contributed by atoms with E-state index in [0.717, 1.165) is 25.2 Å². The van der Waals surface area contributed by atoms with Crippen molar-refractivity contribution in [2.24, 2.45) is 0 Å². The first-order chi connectivity index (χ1) is 9.69. The minimum Gasteiger partial charge on any atom is -0.305 e. The van der Waals surface area contributed by atoms with E-state index in [1.807, 2.05) is 10.9 Å². The van der Waals surface area contributed by atoms with Gasteiger partial charge in [-0.15, -0.1) is 5.10 Å². The third-order valence-corrected chi connectivity index (χ3v) is 3.62. The molecule has 0 aliphatic heterocycles. The van der Waals surface area contributed by atoms with Crippen LogP contribution in [0.2, 0.25) is 0 Å². The lowest BCUT2D eigenvalue weighted by molar-refractivity contribution is 0.510. The molecule has 0 aliphatic carbocycles. The van der Waals surface area contributed by atoms with E-state index in [1.165, 1.54) is 16.7 Å². The Kier molecular flexibility index (Phi) is 4.90. The van der Waals surface area contributed by atoms with E-state index in [-0.39, 0.29) is 6.04 Å². The maximum Gasteiger partial charge on any atom is 0.0802 e. The van der Waals surface area contributed by atoms with Crippen LogP contribution in [0, 0.1) is 13.8 Å². The van der Waals surface area contributed by atoms with Crippen molar-refractivity contribution < 1.29 is 0 Å². The highest BCUT2D eigenvalue weighted by atomic mass is 15.4. The van der Waals surface area contributed by atoms with Crippen LogP contribution in [0.5, 0.6) is 0 Å². The number of nitrogens with one attached hydrogen (secondary N) is 1. The van der Waals surface area contributed by atoms with E-state index in [9.17, 15) is 0 Å². The topological polar surface area (TPSA) is 42.7 Å². The average molecular weight is 272 g/mol. The van der Waals surface area contributed by atoms with Crippen molar-refractivity contribution in [1.82, 2.24) is 20.3 Å². The van der Waals surface area contributed by atoms with Crippen LogP contribution in [-0.4, -0.2) is 21.5 Å². The Bertz CT molecular complexity index is 539. The van der Waals surface area contributed by atoms with Crippen LogP contribution in [0.15, 0.2) is 24.4 Å². The van der Waals surface area contributed by atoms with E-state index < -0.39 is 0 Å². The van der Waals surface area contributed by atoms with Gasteiger partial charge in [0, 0.05) is 6.54 Å². The first-order valence-electron chi connectivity index (χ1n) is 7.36. The third kappa shape index (κ3) is 2.90. The molecule has 0 saturated heterocycles. The van der Waals surface area contributed by atoms with Crippen molar-refractivity contribution in [2.45, 2.75) is 46.7 Å². The number of aryl methyl sites for hydroxylation is 3. The predicted molar refractivity (Wildman–Crippen MR) is 81.7 cm³/mol. The second-order valence-electron chi connectivity index (χ2n) is 5.18. The fourth-order valence-electron chi connectivity index (χ4n) is 2.72. The van der Waals surface area contributed by atoms with Crippen LogP contribution in [0.1, 0.15) is 48.7 Å². The largest absolute Gasteiger partial charge is 0.305 e. The summed E-state index contributed by atoms with van der Waals surface area (Å²) in [4.78, 5) is 0. The molecule has 1 atom stereocenters. The summed E-state index contributed by atoms with van der Waals surface area (Å²) in [6, 6.07) is 6.60. The molecular weight excluding hydrogens is 248 g/mol. The van der Waals surface area contributed by atoms with Gasteiger partial charge in [-0.05, 0) is 43.5 Å². The standard InChI is InChI=1S/C16H24N4/c1-5-10-20-14(11-18-19-20)16(17-6-2)15-12(3)8-7-9-13(15)4/h7-9,11,16-17H,5-6,10H2,1-4H3. The lowest BCUT2D eigenvalue weighted by Gasteiger charge is -2.23. The average Bonchev–Trinajstić information content (AvgIpc) is 2.86. The van der Waals surface area contributed by atoms with Gasteiger partial charge in [-0.1, -0.05) is 37.3 Å². The SMILES string of the molecule is CCCn1nncc1C(NCC)c1c(C)cccc1C. The summed E-state index contributed by atoms with van der Waals surface area (Å²) in [5.41, 5.74) is 5.10. The summed E-state index contributed by atoms with van der Waals surface area (Å²) in [7, 11) is 0. The highest BCUT2D eigenvalue weighted by molar-refractivity contribution is 5.39. The molecule has 0 spiro atoms. The molecule has 0 fully saturated rings. The maximum atomic E-state index is 4.22. The summed E-state index contributed by atoms with van der Waals surface area (Å²) in [5, 5.41) is 11.9. The summed E-state index contributed by atoms with van der Waals surface area (Å²) in [5.74, 6) is 0. The molecule has 108 valence electrons. The first-order valence-corrected chi connectivity index (χ1v) is 7.36. The minimum absolute atomic E-state index is 0.155. The molecule has 0 aliphatic rings. The number of aromatic nitrogens is 3. The van der Waals surface area contributed by atoms with Gasteiger partial charge in [-0.3, -0.25) is 0 Å². The van der Waals surface area contributed by atoms with Gasteiger partial charge in [-0.2, -0.15) is 0 Å². The molecule has 0 radical (unpaired) electrons. The molecule has 1 aromatic carbocycles. The highest BCUT2D eigenvalue weighted by Gasteiger charge is 2.21. The summed E-state index contributed by atoms with van der Waals surface area (Å²) < 4.78 is 2.01. The number of hydrogen-bond donors (Lipinski definition) is 1. The molecule has 0 amide bonds. The Morgan fingerprint density at radius 3 is 2.50 bits per heavy atom. The number of nitrogens with zero attached hydrogens (tertiary/aromatic N) is 3. The van der Waals surface area contributed by atoms with Crippen molar-refractivity contribution in [3.8, 4) is 0 Å². The minimum atomic E-state index is 0.155. The molecule has 1 unspecified atom stereocenters. The molecule has 20 heavy (non-hydrogen) atoms. The van der Waals surface area contributed by atoms with Crippen molar-refractivity contribution in [1.29, 1.82) is 0 Å². The van der Waals surface area contributed by atoms with E-state index in [0.29, 0.717) is 0 Å². The molecule has 1 N–H and O–H groups in total. The summed E-state index contributed by atoms with van der Waals surface area (Å²) in [6.45, 7) is 10.4. The van der Waals surface area contributed by atoms with Crippen LogP contribution < -0.4 is 5.32 Å². The van der Waals surface area contributed by atoms with E-state index in [1.54, 1.807) is 0 Å². The van der Waals surface area contributed by atoms with Crippen molar-refractivity contribution in [2.75, 3.05) is 6.54 Å². The monoisotopic (exact) mass is 272 g/mol. The smallest absolute Gasteiger partial charge is 0.0802 e. The third-order valence-electron chi connectivity index (χ3n) is 3.62. The van der Waals surface area contributed by atoms with Gasteiger partial charge in [0.25, 0.3) is 0 Å². The van der Waals surface area contributed by atoms with E-state index in [4.69, 9.17) is 0 Å². The van der Waals surface area contributed by atoms with Gasteiger partial charge in [0.1, 0.15) is 0 Å². The fraction of sp³-hybridized carbons (Fsp3) is 0.500. The quantitative estimate of drug-likeness (QED) is 0.879. The van der Waals surface area contributed by atoms with Gasteiger partial charge in [-0.25, -0.2) is 4.68 Å². The second-order valence-corrected chi connectivity index (χ2v) is 5.18. The number of rotatable bonds is 6. The number of hydrogen-bond acceptors (Lipinski definition) is 3. The normalized spacial score (nSPS) is 12.6. The Labute approximate surface area is 121 Å². The lowest BCUT2D eigenvalue weighted by atomic mass is 9.94. The van der Waals surface area contributed by atoms with Gasteiger partial charge >= 0.3 is 0 Å². The molecule has 2 aromatic rings. The van der Waals surface area contributed by atoms with Crippen LogP contribution in [0.4, 0.5) is 0 Å². The molecule has 1 heterocycles. The zero-order valence-electron chi connectivity index (χ0n) is 12.8. The Morgan fingerprint density at radius 1 is 1.20 bits per heavy atom. The van der Waals surface area contributed by atoms with Crippen molar-refractivity contribution in [3.05, 3.63) is 46.8 Å². The Balaban J connectivity index is 2.48. The van der Waals surface area contributed by atoms with Crippen LogP contribution in [0.25, 0.3) is 0 Å². The molecule has 1 aromatic heterocycles. The molecular formula is C16H24N4. The molecule has 4 heteroatoms. The van der Waals surface area contributed by atoms with Crippen LogP contribution in [0.3, 0.4) is 0 Å². The Hall–Kier alpha value is -1.68. The van der Waals surface area contributed by atoms with Gasteiger partial charge in [0.2, 0.25) is 0 Å². The van der Waals surface area contributed by atoms with Crippen LogP contribution in [-0.2, 0) is 6.54 Å². The Morgan fingerprint density at radius 2 is 1.90 bits per heavy atom. The van der Waals surface area contributed by atoms with Gasteiger partial charge < -0.3 is 5.32 Å². The molecule has 0 bridgehead atoms.